The van der Waals surface area contributed by atoms with E-state index in [1.165, 1.54) is 12.1 Å². The third-order valence-electron chi connectivity index (χ3n) is 3.37. The van der Waals surface area contributed by atoms with Gasteiger partial charge in [-0.25, -0.2) is 4.98 Å². The Morgan fingerprint density at radius 1 is 1.32 bits per heavy atom. The highest BCUT2D eigenvalue weighted by molar-refractivity contribution is 5.35. The Bertz CT molecular complexity index is 423. The van der Waals surface area contributed by atoms with Gasteiger partial charge in [-0.1, -0.05) is 12.5 Å². The summed E-state index contributed by atoms with van der Waals surface area (Å²) in [5, 5.41) is 12.5. The summed E-state index contributed by atoms with van der Waals surface area (Å²) in [7, 11) is 0. The van der Waals surface area contributed by atoms with Gasteiger partial charge >= 0.3 is 6.18 Å². The monoisotopic (exact) mass is 274 g/mol. The molecule has 2 unspecified atom stereocenters. The van der Waals surface area contributed by atoms with E-state index in [1.807, 2.05) is 0 Å². The van der Waals surface area contributed by atoms with Crippen molar-refractivity contribution >= 4 is 5.82 Å². The molecule has 1 aromatic heterocycles. The number of aliphatic hydroxyl groups excluding tert-OH is 1. The molecule has 1 aliphatic rings. The molecule has 0 saturated heterocycles. The molecule has 2 N–H and O–H groups in total. The Labute approximate surface area is 109 Å². The lowest BCUT2D eigenvalue weighted by atomic mass is 9.87. The fraction of sp³-hybridized carbons (Fsp3) is 0.615. The molecule has 1 fully saturated rings. The Morgan fingerprint density at radius 3 is 2.79 bits per heavy atom. The number of rotatable bonds is 3. The van der Waals surface area contributed by atoms with Crippen LogP contribution < -0.4 is 5.32 Å². The van der Waals surface area contributed by atoms with Crippen molar-refractivity contribution in [3.63, 3.8) is 0 Å². The predicted octanol–water partition coefficient (Wildman–Crippen LogP) is 3.06. The number of alkyl halides is 3. The molecule has 0 aromatic carbocycles. The maximum atomic E-state index is 12.5. The van der Waals surface area contributed by atoms with E-state index in [1.54, 1.807) is 0 Å². The molecule has 2 rings (SSSR count). The van der Waals surface area contributed by atoms with Crippen molar-refractivity contribution in [3.05, 3.63) is 23.9 Å². The van der Waals surface area contributed by atoms with Crippen LogP contribution in [-0.2, 0) is 6.18 Å². The lowest BCUT2D eigenvalue weighted by Gasteiger charge is -2.26. The average Bonchev–Trinajstić information content (AvgIpc) is 2.36. The van der Waals surface area contributed by atoms with Gasteiger partial charge in [-0.15, -0.1) is 0 Å². The Balaban J connectivity index is 1.92. The smallest absolute Gasteiger partial charge is 0.393 e. The minimum atomic E-state index is -4.42. The second-order valence-corrected chi connectivity index (χ2v) is 4.97. The molecule has 6 heteroatoms. The van der Waals surface area contributed by atoms with Gasteiger partial charge in [-0.2, -0.15) is 13.2 Å². The molecule has 0 bridgehead atoms. The molecule has 1 aliphatic carbocycles. The van der Waals surface area contributed by atoms with Gasteiger partial charge in [0.2, 0.25) is 0 Å². The van der Waals surface area contributed by atoms with Gasteiger partial charge in [-0.3, -0.25) is 0 Å². The van der Waals surface area contributed by atoms with Gasteiger partial charge in [0.25, 0.3) is 0 Å². The highest BCUT2D eigenvalue weighted by atomic mass is 19.4. The van der Waals surface area contributed by atoms with E-state index in [0.717, 1.165) is 25.3 Å². The van der Waals surface area contributed by atoms with Crippen molar-refractivity contribution < 1.29 is 18.3 Å². The summed E-state index contributed by atoms with van der Waals surface area (Å²) < 4.78 is 37.5. The van der Waals surface area contributed by atoms with E-state index in [2.05, 4.69) is 10.3 Å². The molecule has 0 spiro atoms. The molecule has 1 heterocycles. The van der Waals surface area contributed by atoms with Crippen molar-refractivity contribution in [1.29, 1.82) is 0 Å². The fourth-order valence-electron chi connectivity index (χ4n) is 2.39. The van der Waals surface area contributed by atoms with Crippen molar-refractivity contribution in [2.75, 3.05) is 11.9 Å². The largest absolute Gasteiger partial charge is 0.433 e. The second kappa shape index (κ2) is 5.77. The first-order valence-electron chi connectivity index (χ1n) is 6.41. The average molecular weight is 274 g/mol. The molecule has 2 atom stereocenters. The molecule has 0 amide bonds. The zero-order chi connectivity index (χ0) is 13.9. The highest BCUT2D eigenvalue weighted by Crippen LogP contribution is 2.28. The normalized spacial score (nSPS) is 24.2. The van der Waals surface area contributed by atoms with Crippen LogP contribution in [0.15, 0.2) is 18.2 Å². The first-order valence-corrected chi connectivity index (χ1v) is 6.41. The van der Waals surface area contributed by atoms with Crippen molar-refractivity contribution in [3.8, 4) is 0 Å². The number of halogens is 3. The first kappa shape index (κ1) is 14.1. The Hall–Kier alpha value is -1.30. The van der Waals surface area contributed by atoms with E-state index in [0.29, 0.717) is 18.9 Å². The van der Waals surface area contributed by atoms with Crippen LogP contribution in [0.25, 0.3) is 0 Å². The number of nitrogens with zero attached hydrogens (tertiary/aromatic N) is 1. The van der Waals surface area contributed by atoms with Crippen LogP contribution in [0.1, 0.15) is 31.4 Å². The van der Waals surface area contributed by atoms with E-state index >= 15 is 0 Å². The SMILES string of the molecule is OC1CCCC(CNc2cccc(C(F)(F)F)n2)C1. The Kier molecular flexibility index (Phi) is 4.29. The number of hydrogen-bond donors (Lipinski definition) is 2. The summed E-state index contributed by atoms with van der Waals surface area (Å²) in [6, 6.07) is 3.82. The molecule has 0 radical (unpaired) electrons. The molecule has 3 nitrogen and oxygen atoms in total. The van der Waals surface area contributed by atoms with E-state index < -0.39 is 11.9 Å². The molecule has 0 aliphatic heterocycles. The molecule has 19 heavy (non-hydrogen) atoms. The van der Waals surface area contributed by atoms with Gasteiger partial charge in [0.1, 0.15) is 11.5 Å². The Morgan fingerprint density at radius 2 is 2.11 bits per heavy atom. The standard InChI is InChI=1S/C13H17F3N2O/c14-13(15,16)11-5-2-6-12(18-11)17-8-9-3-1-4-10(19)7-9/h2,5-6,9-10,19H,1,3-4,7-8H2,(H,17,18). The van der Waals surface area contributed by atoms with Crippen molar-refractivity contribution in [2.24, 2.45) is 5.92 Å². The van der Waals surface area contributed by atoms with Crippen molar-refractivity contribution in [1.82, 2.24) is 4.98 Å². The fourth-order valence-corrected chi connectivity index (χ4v) is 2.39. The van der Waals surface area contributed by atoms with E-state index in [-0.39, 0.29) is 11.9 Å². The highest BCUT2D eigenvalue weighted by Gasteiger charge is 2.32. The van der Waals surface area contributed by atoms with Crippen LogP contribution in [0.5, 0.6) is 0 Å². The maximum Gasteiger partial charge on any atom is 0.433 e. The molecule has 1 saturated carbocycles. The minimum absolute atomic E-state index is 0.231. The maximum absolute atomic E-state index is 12.5. The van der Waals surface area contributed by atoms with Gasteiger partial charge < -0.3 is 10.4 Å². The van der Waals surface area contributed by atoms with Crippen molar-refractivity contribution in [2.45, 2.75) is 38.0 Å². The minimum Gasteiger partial charge on any atom is -0.393 e. The van der Waals surface area contributed by atoms with Gasteiger partial charge in [0.05, 0.1) is 6.10 Å². The topological polar surface area (TPSA) is 45.1 Å². The first-order chi connectivity index (χ1) is 8.95. The van der Waals surface area contributed by atoms with E-state index in [9.17, 15) is 18.3 Å². The summed E-state index contributed by atoms with van der Waals surface area (Å²) in [6.07, 6.45) is -1.23. The number of aliphatic hydroxyl groups is 1. The number of aromatic nitrogens is 1. The van der Waals surface area contributed by atoms with Crippen LogP contribution in [0.4, 0.5) is 19.0 Å². The predicted molar refractivity (Wildman–Crippen MR) is 65.7 cm³/mol. The number of hydrogen-bond acceptors (Lipinski definition) is 3. The summed E-state index contributed by atoms with van der Waals surface area (Å²) in [4.78, 5) is 3.55. The number of nitrogens with one attached hydrogen (secondary N) is 1. The van der Waals surface area contributed by atoms with Gasteiger partial charge in [0, 0.05) is 6.54 Å². The quantitative estimate of drug-likeness (QED) is 0.890. The van der Waals surface area contributed by atoms with Gasteiger partial charge in [-0.05, 0) is 37.3 Å². The summed E-state index contributed by atoms with van der Waals surface area (Å²) in [5.74, 6) is 0.523. The second-order valence-electron chi connectivity index (χ2n) is 4.97. The molecular weight excluding hydrogens is 257 g/mol. The lowest BCUT2D eigenvalue weighted by Crippen LogP contribution is -2.25. The third kappa shape index (κ3) is 4.09. The van der Waals surface area contributed by atoms with Crippen LogP contribution in [0, 0.1) is 5.92 Å². The zero-order valence-electron chi connectivity index (χ0n) is 10.5. The molecular formula is C13H17F3N2O. The number of anilines is 1. The summed E-state index contributed by atoms with van der Waals surface area (Å²) in [6.45, 7) is 0.547. The molecule has 1 aromatic rings. The zero-order valence-corrected chi connectivity index (χ0v) is 10.5. The third-order valence-corrected chi connectivity index (χ3v) is 3.37. The number of pyridine rings is 1. The van der Waals surface area contributed by atoms with Gasteiger partial charge in [0.15, 0.2) is 0 Å². The summed E-state index contributed by atoms with van der Waals surface area (Å²) in [5.41, 5.74) is -0.888. The van der Waals surface area contributed by atoms with Crippen LogP contribution in [0.2, 0.25) is 0 Å². The lowest BCUT2D eigenvalue weighted by molar-refractivity contribution is -0.141. The van der Waals surface area contributed by atoms with Crippen LogP contribution >= 0.6 is 0 Å². The molecule has 106 valence electrons. The van der Waals surface area contributed by atoms with Crippen LogP contribution in [0.3, 0.4) is 0 Å². The van der Waals surface area contributed by atoms with Crippen LogP contribution in [-0.4, -0.2) is 22.7 Å². The summed E-state index contributed by atoms with van der Waals surface area (Å²) >= 11 is 0. The van der Waals surface area contributed by atoms with E-state index in [4.69, 9.17) is 0 Å².